The van der Waals surface area contributed by atoms with Crippen LogP contribution in [0, 0.1) is 0 Å². The van der Waals surface area contributed by atoms with Crippen molar-refractivity contribution in [3.05, 3.63) is 23.8 Å². The van der Waals surface area contributed by atoms with E-state index in [-0.39, 0.29) is 24.1 Å². The number of amides is 2. The van der Waals surface area contributed by atoms with Gasteiger partial charge >= 0.3 is 0 Å². The Balaban J connectivity index is 1.96. The predicted molar refractivity (Wildman–Crippen MR) is 90.1 cm³/mol. The summed E-state index contributed by atoms with van der Waals surface area (Å²) < 4.78 is 5.03. The third-order valence-corrected chi connectivity index (χ3v) is 3.95. The number of rotatable bonds is 5. The molecular formula is C17H23N3O4. The molecule has 0 unspecified atom stereocenters. The number of phenolic OH excluding ortho intramolecular Hbond substituents is 1. The first-order chi connectivity index (χ1) is 11.5. The van der Waals surface area contributed by atoms with Crippen LogP contribution in [0.3, 0.4) is 0 Å². The van der Waals surface area contributed by atoms with Crippen LogP contribution in [-0.4, -0.2) is 47.7 Å². The number of benzene rings is 1. The Morgan fingerprint density at radius 2 is 2.17 bits per heavy atom. The maximum Gasteiger partial charge on any atom is 0.259 e. The van der Waals surface area contributed by atoms with Crippen LogP contribution < -0.4 is 10.2 Å². The Morgan fingerprint density at radius 1 is 1.38 bits per heavy atom. The van der Waals surface area contributed by atoms with Gasteiger partial charge in [0.15, 0.2) is 0 Å². The van der Waals surface area contributed by atoms with Crippen molar-refractivity contribution in [3.8, 4) is 11.5 Å². The van der Waals surface area contributed by atoms with Gasteiger partial charge in [-0.05, 0) is 31.9 Å². The lowest BCUT2D eigenvalue weighted by Gasteiger charge is -2.19. The highest BCUT2D eigenvalue weighted by Crippen LogP contribution is 2.23. The fourth-order valence-corrected chi connectivity index (χ4v) is 2.57. The second kappa shape index (κ2) is 8.33. The van der Waals surface area contributed by atoms with Crippen LogP contribution in [0.5, 0.6) is 11.5 Å². The number of nitrogens with one attached hydrogen (secondary N) is 1. The fourth-order valence-electron chi connectivity index (χ4n) is 2.57. The number of nitrogens with zero attached hydrogens (tertiary/aromatic N) is 2. The van der Waals surface area contributed by atoms with E-state index in [0.717, 1.165) is 19.3 Å². The van der Waals surface area contributed by atoms with E-state index in [1.54, 1.807) is 24.0 Å². The van der Waals surface area contributed by atoms with Crippen molar-refractivity contribution in [3.63, 3.8) is 0 Å². The van der Waals surface area contributed by atoms with Gasteiger partial charge in [0.05, 0.1) is 12.8 Å². The highest BCUT2D eigenvalue weighted by molar-refractivity contribution is 6.01. The van der Waals surface area contributed by atoms with Gasteiger partial charge in [0.25, 0.3) is 5.91 Å². The van der Waals surface area contributed by atoms with E-state index in [1.165, 1.54) is 13.2 Å². The SMILES string of the molecule is COc1ccc(/C(C)=N/NC(=O)CN2CCCCCC2=O)c(O)c1. The molecule has 0 spiro atoms. The van der Waals surface area contributed by atoms with Crippen LogP contribution >= 0.6 is 0 Å². The second-order valence-electron chi connectivity index (χ2n) is 5.74. The minimum Gasteiger partial charge on any atom is -0.507 e. The normalized spacial score (nSPS) is 15.8. The molecule has 24 heavy (non-hydrogen) atoms. The maximum atomic E-state index is 12.0. The summed E-state index contributed by atoms with van der Waals surface area (Å²) in [5.74, 6) is 0.217. The number of hydrazone groups is 1. The number of phenols is 1. The predicted octanol–water partition coefficient (Wildman–Crippen LogP) is 1.64. The zero-order chi connectivity index (χ0) is 17.5. The molecule has 130 valence electrons. The second-order valence-corrected chi connectivity index (χ2v) is 5.74. The molecule has 2 N–H and O–H groups in total. The minimum atomic E-state index is -0.349. The quantitative estimate of drug-likeness (QED) is 0.633. The average molecular weight is 333 g/mol. The molecule has 0 bridgehead atoms. The van der Waals surface area contributed by atoms with Gasteiger partial charge in [-0.3, -0.25) is 9.59 Å². The third kappa shape index (κ3) is 4.71. The molecule has 2 rings (SSSR count). The van der Waals surface area contributed by atoms with E-state index in [9.17, 15) is 14.7 Å². The summed E-state index contributed by atoms with van der Waals surface area (Å²) in [5, 5.41) is 14.0. The van der Waals surface area contributed by atoms with Crippen LogP contribution in [0.15, 0.2) is 23.3 Å². The molecule has 0 radical (unpaired) electrons. The zero-order valence-corrected chi connectivity index (χ0v) is 14.0. The van der Waals surface area contributed by atoms with Gasteiger partial charge in [-0.25, -0.2) is 5.43 Å². The molecule has 0 aliphatic carbocycles. The molecule has 7 nitrogen and oxygen atoms in total. The Bertz CT molecular complexity index is 643. The van der Waals surface area contributed by atoms with Gasteiger partial charge in [0, 0.05) is 24.6 Å². The first-order valence-electron chi connectivity index (χ1n) is 7.99. The largest absolute Gasteiger partial charge is 0.507 e. The monoisotopic (exact) mass is 333 g/mol. The zero-order valence-electron chi connectivity index (χ0n) is 14.0. The Hall–Kier alpha value is -2.57. The summed E-state index contributed by atoms with van der Waals surface area (Å²) in [4.78, 5) is 25.4. The summed E-state index contributed by atoms with van der Waals surface area (Å²) >= 11 is 0. The number of ether oxygens (including phenoxy) is 1. The molecule has 1 heterocycles. The summed E-state index contributed by atoms with van der Waals surface area (Å²) in [6, 6.07) is 4.84. The number of carbonyl (C=O) groups excluding carboxylic acids is 2. The molecule has 1 aromatic carbocycles. The number of aromatic hydroxyl groups is 1. The number of carbonyl (C=O) groups is 2. The molecule has 1 aromatic rings. The molecule has 0 saturated carbocycles. The van der Waals surface area contributed by atoms with Gasteiger partial charge in [-0.2, -0.15) is 5.10 Å². The topological polar surface area (TPSA) is 91.2 Å². The van der Waals surface area contributed by atoms with Gasteiger partial charge < -0.3 is 14.7 Å². The van der Waals surface area contributed by atoms with E-state index in [1.807, 2.05) is 0 Å². The Morgan fingerprint density at radius 3 is 2.88 bits per heavy atom. The van der Waals surface area contributed by atoms with E-state index in [0.29, 0.717) is 30.0 Å². The van der Waals surface area contributed by atoms with Gasteiger partial charge in [0.1, 0.15) is 18.0 Å². The minimum absolute atomic E-state index is 0.00417. The molecule has 0 atom stereocenters. The molecule has 1 fully saturated rings. The third-order valence-electron chi connectivity index (χ3n) is 3.95. The summed E-state index contributed by atoms with van der Waals surface area (Å²) in [7, 11) is 1.51. The summed E-state index contributed by atoms with van der Waals surface area (Å²) in [6.07, 6.45) is 3.30. The molecule has 0 aromatic heterocycles. The van der Waals surface area contributed by atoms with E-state index >= 15 is 0 Å². The van der Waals surface area contributed by atoms with Crippen LogP contribution in [0.4, 0.5) is 0 Å². The van der Waals surface area contributed by atoms with Crippen LogP contribution in [0.1, 0.15) is 38.2 Å². The fraction of sp³-hybridized carbons (Fsp3) is 0.471. The van der Waals surface area contributed by atoms with E-state index < -0.39 is 0 Å². The molecule has 7 heteroatoms. The molecule has 2 amide bonds. The van der Waals surface area contributed by atoms with Crippen LogP contribution in [0.2, 0.25) is 0 Å². The molecular weight excluding hydrogens is 310 g/mol. The smallest absolute Gasteiger partial charge is 0.259 e. The van der Waals surface area contributed by atoms with E-state index in [4.69, 9.17) is 4.74 Å². The van der Waals surface area contributed by atoms with Crippen molar-refractivity contribution in [2.24, 2.45) is 5.10 Å². The first kappa shape index (κ1) is 17.8. The van der Waals surface area contributed by atoms with Crippen molar-refractivity contribution in [1.82, 2.24) is 10.3 Å². The standard InChI is InChI=1S/C17H23N3O4/c1-12(14-8-7-13(24-2)10-15(14)21)18-19-16(22)11-20-9-5-3-4-6-17(20)23/h7-8,10,21H,3-6,9,11H2,1-2H3,(H,19,22)/b18-12+. The van der Waals surface area contributed by atoms with Crippen molar-refractivity contribution in [2.75, 3.05) is 20.2 Å². The highest BCUT2D eigenvalue weighted by atomic mass is 16.5. The van der Waals surface area contributed by atoms with Crippen LogP contribution in [0.25, 0.3) is 0 Å². The number of hydrogen-bond donors (Lipinski definition) is 2. The van der Waals surface area contributed by atoms with Gasteiger partial charge in [0.2, 0.25) is 5.91 Å². The molecule has 1 aliphatic rings. The van der Waals surface area contributed by atoms with Gasteiger partial charge in [-0.15, -0.1) is 0 Å². The highest BCUT2D eigenvalue weighted by Gasteiger charge is 2.19. The van der Waals surface area contributed by atoms with Crippen LogP contribution in [-0.2, 0) is 9.59 Å². The summed E-state index contributed by atoms with van der Waals surface area (Å²) in [5.41, 5.74) is 3.40. The van der Waals surface area contributed by atoms with Crippen molar-refractivity contribution in [2.45, 2.75) is 32.6 Å². The lowest BCUT2D eigenvalue weighted by Crippen LogP contribution is -2.39. The Labute approximate surface area is 141 Å². The lowest BCUT2D eigenvalue weighted by molar-refractivity contribution is -0.135. The number of methoxy groups -OCH3 is 1. The van der Waals surface area contributed by atoms with Crippen molar-refractivity contribution >= 4 is 17.5 Å². The van der Waals surface area contributed by atoms with Crippen molar-refractivity contribution < 1.29 is 19.4 Å². The molecule has 1 saturated heterocycles. The molecule has 1 aliphatic heterocycles. The summed E-state index contributed by atoms with van der Waals surface area (Å²) in [6.45, 7) is 2.29. The maximum absolute atomic E-state index is 12.0. The van der Waals surface area contributed by atoms with Gasteiger partial charge in [-0.1, -0.05) is 6.42 Å². The number of likely N-dealkylation sites (tertiary alicyclic amines) is 1. The lowest BCUT2D eigenvalue weighted by atomic mass is 10.1. The van der Waals surface area contributed by atoms with E-state index in [2.05, 4.69) is 10.5 Å². The first-order valence-corrected chi connectivity index (χ1v) is 7.99. The number of hydrogen-bond acceptors (Lipinski definition) is 5. The average Bonchev–Trinajstić information content (AvgIpc) is 2.77. The van der Waals surface area contributed by atoms with Crippen molar-refractivity contribution in [1.29, 1.82) is 0 Å². The Kier molecular flexibility index (Phi) is 6.17.